The molecule has 0 amide bonds. The predicted octanol–water partition coefficient (Wildman–Crippen LogP) is 3.57. The molecule has 100 valence electrons. The average Bonchev–Trinajstić information content (AvgIpc) is 2.41. The number of aryl methyl sites for hydroxylation is 1. The normalized spacial score (nSPS) is 10.5. The Bertz CT molecular complexity index is 589. The van der Waals surface area contributed by atoms with Crippen LogP contribution in [0.25, 0.3) is 11.5 Å². The molecule has 2 aromatic rings. The van der Waals surface area contributed by atoms with E-state index in [1.54, 1.807) is 19.2 Å². The Labute approximate surface area is 119 Å². The van der Waals surface area contributed by atoms with Crippen molar-refractivity contribution in [2.75, 3.05) is 11.9 Å². The zero-order valence-electron chi connectivity index (χ0n) is 10.7. The summed E-state index contributed by atoms with van der Waals surface area (Å²) in [5.41, 5.74) is 0.909. The van der Waals surface area contributed by atoms with Crippen LogP contribution >= 0.6 is 15.9 Å². The van der Waals surface area contributed by atoms with Crippen molar-refractivity contribution in [2.45, 2.75) is 20.3 Å². The van der Waals surface area contributed by atoms with Crippen LogP contribution in [0.15, 0.2) is 22.8 Å². The Hall–Kier alpha value is -1.56. The Morgan fingerprint density at radius 1 is 1.37 bits per heavy atom. The van der Waals surface area contributed by atoms with Gasteiger partial charge in [-0.2, -0.15) is 0 Å². The molecule has 0 atom stereocenters. The second-order valence-electron chi connectivity index (χ2n) is 4.06. The quantitative estimate of drug-likeness (QED) is 0.934. The summed E-state index contributed by atoms with van der Waals surface area (Å²) in [5, 5.41) is 2.96. The number of aromatic nitrogens is 3. The molecule has 0 aromatic carbocycles. The van der Waals surface area contributed by atoms with Gasteiger partial charge < -0.3 is 5.32 Å². The minimum absolute atomic E-state index is 0.224. The highest BCUT2D eigenvalue weighted by Crippen LogP contribution is 2.25. The zero-order chi connectivity index (χ0) is 13.8. The second-order valence-corrected chi connectivity index (χ2v) is 4.91. The Kier molecular flexibility index (Phi) is 4.42. The van der Waals surface area contributed by atoms with E-state index in [4.69, 9.17) is 0 Å². The molecule has 6 heteroatoms. The maximum Gasteiger partial charge on any atom is 0.186 e. The number of anilines is 1. The molecule has 0 aliphatic heterocycles. The molecule has 1 N–H and O–H groups in total. The summed E-state index contributed by atoms with van der Waals surface area (Å²) < 4.78 is 14.7. The molecule has 0 spiro atoms. The fourth-order valence-corrected chi connectivity index (χ4v) is 2.01. The number of rotatable bonds is 4. The molecule has 2 rings (SSSR count). The third-order valence-corrected chi connectivity index (χ3v) is 3.17. The van der Waals surface area contributed by atoms with Crippen LogP contribution in [0, 0.1) is 12.7 Å². The highest BCUT2D eigenvalue weighted by atomic mass is 79.9. The van der Waals surface area contributed by atoms with Crippen molar-refractivity contribution in [3.63, 3.8) is 0 Å². The number of nitrogens with one attached hydrogen (secondary N) is 1. The van der Waals surface area contributed by atoms with Crippen molar-refractivity contribution in [1.82, 2.24) is 15.0 Å². The van der Waals surface area contributed by atoms with Crippen LogP contribution in [0.5, 0.6) is 0 Å². The van der Waals surface area contributed by atoms with Crippen molar-refractivity contribution in [1.29, 1.82) is 0 Å². The fourth-order valence-electron chi connectivity index (χ4n) is 1.58. The van der Waals surface area contributed by atoms with E-state index in [1.807, 2.05) is 13.0 Å². The van der Waals surface area contributed by atoms with Crippen LogP contribution in [0.4, 0.5) is 10.2 Å². The zero-order valence-corrected chi connectivity index (χ0v) is 12.3. The molecule has 0 saturated heterocycles. The molecule has 0 aliphatic carbocycles. The summed E-state index contributed by atoms with van der Waals surface area (Å²) >= 11 is 3.40. The first kappa shape index (κ1) is 13.9. The van der Waals surface area contributed by atoms with Gasteiger partial charge >= 0.3 is 0 Å². The standard InChI is InChI=1S/C13H14BrFN4/c1-3-6-17-12-10(15)8(2)18-13(19-12)11-9(14)5-4-7-16-11/h4-5,7H,3,6H2,1-2H3,(H,17,18,19). The summed E-state index contributed by atoms with van der Waals surface area (Å²) in [6.45, 7) is 4.29. The van der Waals surface area contributed by atoms with Gasteiger partial charge in [0.15, 0.2) is 17.5 Å². The Balaban J connectivity index is 2.47. The van der Waals surface area contributed by atoms with Gasteiger partial charge in [0, 0.05) is 17.2 Å². The van der Waals surface area contributed by atoms with Crippen molar-refractivity contribution >= 4 is 21.7 Å². The molecule has 0 aliphatic rings. The van der Waals surface area contributed by atoms with E-state index in [1.165, 1.54) is 0 Å². The topological polar surface area (TPSA) is 50.7 Å². The van der Waals surface area contributed by atoms with Gasteiger partial charge in [0.2, 0.25) is 0 Å². The molecule has 2 aromatic heterocycles. The van der Waals surface area contributed by atoms with Gasteiger partial charge in [-0.3, -0.25) is 4.98 Å². The molecule has 0 radical (unpaired) electrons. The van der Waals surface area contributed by atoms with Crippen LogP contribution in [0.2, 0.25) is 0 Å². The van der Waals surface area contributed by atoms with Crippen molar-refractivity contribution in [3.05, 3.63) is 34.3 Å². The van der Waals surface area contributed by atoms with E-state index < -0.39 is 5.82 Å². The van der Waals surface area contributed by atoms with E-state index in [9.17, 15) is 4.39 Å². The molecule has 2 heterocycles. The number of halogens is 2. The van der Waals surface area contributed by atoms with Gasteiger partial charge in [-0.15, -0.1) is 0 Å². The maximum absolute atomic E-state index is 13.9. The van der Waals surface area contributed by atoms with Crippen LogP contribution in [0.1, 0.15) is 19.0 Å². The van der Waals surface area contributed by atoms with Gasteiger partial charge in [0.05, 0.1) is 5.69 Å². The minimum atomic E-state index is -0.413. The summed E-state index contributed by atoms with van der Waals surface area (Å²) in [7, 11) is 0. The van der Waals surface area contributed by atoms with Gasteiger partial charge in [0.25, 0.3) is 0 Å². The summed E-state index contributed by atoms with van der Waals surface area (Å²) in [5.74, 6) is 0.219. The van der Waals surface area contributed by atoms with Crippen molar-refractivity contribution in [3.8, 4) is 11.5 Å². The lowest BCUT2D eigenvalue weighted by molar-refractivity contribution is 0.605. The Morgan fingerprint density at radius 3 is 2.84 bits per heavy atom. The van der Waals surface area contributed by atoms with Gasteiger partial charge in [-0.1, -0.05) is 6.92 Å². The van der Waals surface area contributed by atoms with Gasteiger partial charge in [0.1, 0.15) is 5.69 Å². The summed E-state index contributed by atoms with van der Waals surface area (Å²) in [4.78, 5) is 12.6. The molecule has 0 saturated carbocycles. The first-order valence-electron chi connectivity index (χ1n) is 6.02. The van der Waals surface area contributed by atoms with E-state index in [-0.39, 0.29) is 5.82 Å². The van der Waals surface area contributed by atoms with Crippen LogP contribution in [-0.2, 0) is 0 Å². The molecule has 19 heavy (non-hydrogen) atoms. The lowest BCUT2D eigenvalue weighted by Gasteiger charge is -2.09. The molecule has 4 nitrogen and oxygen atoms in total. The lowest BCUT2D eigenvalue weighted by atomic mass is 10.3. The Morgan fingerprint density at radius 2 is 2.16 bits per heavy atom. The van der Waals surface area contributed by atoms with E-state index >= 15 is 0 Å². The number of nitrogens with zero attached hydrogens (tertiary/aromatic N) is 3. The summed E-state index contributed by atoms with van der Waals surface area (Å²) in [6, 6.07) is 3.66. The number of hydrogen-bond donors (Lipinski definition) is 1. The maximum atomic E-state index is 13.9. The van der Waals surface area contributed by atoms with Crippen LogP contribution in [0.3, 0.4) is 0 Å². The van der Waals surface area contributed by atoms with Gasteiger partial charge in [-0.05, 0) is 41.4 Å². The fraction of sp³-hybridized carbons (Fsp3) is 0.308. The SMILES string of the molecule is CCCNc1nc(-c2ncccc2Br)nc(C)c1F. The monoisotopic (exact) mass is 324 g/mol. The minimum Gasteiger partial charge on any atom is -0.368 e. The third-order valence-electron chi connectivity index (χ3n) is 2.53. The average molecular weight is 325 g/mol. The first-order chi connectivity index (χ1) is 9.13. The van der Waals surface area contributed by atoms with Crippen molar-refractivity contribution in [2.24, 2.45) is 0 Å². The van der Waals surface area contributed by atoms with Crippen molar-refractivity contribution < 1.29 is 4.39 Å². The molecular formula is C13H14BrFN4. The smallest absolute Gasteiger partial charge is 0.186 e. The highest BCUT2D eigenvalue weighted by molar-refractivity contribution is 9.10. The van der Waals surface area contributed by atoms with Crippen LogP contribution < -0.4 is 5.32 Å². The molecule has 0 fully saturated rings. The first-order valence-corrected chi connectivity index (χ1v) is 6.81. The van der Waals surface area contributed by atoms with E-state index in [0.29, 0.717) is 23.8 Å². The largest absolute Gasteiger partial charge is 0.368 e. The molecule has 0 unspecified atom stereocenters. The van der Waals surface area contributed by atoms with Gasteiger partial charge in [-0.25, -0.2) is 14.4 Å². The molecule has 0 bridgehead atoms. The second kappa shape index (κ2) is 6.06. The predicted molar refractivity (Wildman–Crippen MR) is 76.4 cm³/mol. The highest BCUT2D eigenvalue weighted by Gasteiger charge is 2.14. The molecular weight excluding hydrogens is 311 g/mol. The summed E-state index contributed by atoms with van der Waals surface area (Å²) in [6.07, 6.45) is 2.55. The third kappa shape index (κ3) is 3.07. The number of pyridine rings is 1. The van der Waals surface area contributed by atoms with E-state index in [0.717, 1.165) is 10.9 Å². The van der Waals surface area contributed by atoms with Crippen LogP contribution in [-0.4, -0.2) is 21.5 Å². The van der Waals surface area contributed by atoms with E-state index in [2.05, 4.69) is 36.2 Å². The lowest BCUT2D eigenvalue weighted by Crippen LogP contribution is -2.08. The number of hydrogen-bond acceptors (Lipinski definition) is 4.